The Kier molecular flexibility index (Phi) is 7.68. The van der Waals surface area contributed by atoms with Crippen molar-refractivity contribution in [2.75, 3.05) is 17.1 Å². The van der Waals surface area contributed by atoms with E-state index >= 15 is 0 Å². The number of carboxylic acids is 1. The number of sulfonamides is 1. The summed E-state index contributed by atoms with van der Waals surface area (Å²) in [5.74, 6) is -0.00918. The summed E-state index contributed by atoms with van der Waals surface area (Å²) in [7, 11) is -1.85. The van der Waals surface area contributed by atoms with Crippen molar-refractivity contribution >= 4 is 32.7 Å². The number of aromatic nitrogens is 2. The third-order valence-electron chi connectivity index (χ3n) is 6.70. The first-order valence-corrected chi connectivity index (χ1v) is 14.2. The van der Waals surface area contributed by atoms with Crippen LogP contribution in [-0.2, 0) is 16.4 Å². The Hall–Kier alpha value is -3.65. The Morgan fingerprint density at radius 3 is 2.43 bits per heavy atom. The molecule has 1 heterocycles. The van der Waals surface area contributed by atoms with Crippen LogP contribution in [-0.4, -0.2) is 41.8 Å². The highest BCUT2D eigenvalue weighted by atomic mass is 32.2. The lowest BCUT2D eigenvalue weighted by atomic mass is 9.95. The lowest BCUT2D eigenvalue weighted by molar-refractivity contribution is 0.0697. The van der Waals surface area contributed by atoms with Crippen LogP contribution in [0.25, 0.3) is 27.8 Å². The van der Waals surface area contributed by atoms with Crippen molar-refractivity contribution in [2.45, 2.75) is 46.5 Å². The third kappa shape index (κ3) is 5.11. The maximum Gasteiger partial charge on any atom is 0.336 e. The van der Waals surface area contributed by atoms with Crippen molar-refractivity contribution in [1.82, 2.24) is 9.55 Å². The number of unbranched alkanes of at least 4 members (excludes halogenated alkanes) is 1. The smallest absolute Gasteiger partial charge is 0.336 e. The van der Waals surface area contributed by atoms with Gasteiger partial charge in [0.1, 0.15) is 5.82 Å². The molecule has 0 atom stereocenters. The van der Waals surface area contributed by atoms with E-state index < -0.39 is 16.0 Å². The minimum atomic E-state index is -3.43. The number of aryl methyl sites for hydroxylation is 1. The molecule has 0 saturated heterocycles. The topological polar surface area (TPSA) is 92.5 Å². The quantitative estimate of drug-likeness (QED) is 0.269. The number of imidazole rings is 1. The molecule has 0 radical (unpaired) electrons. The fraction of sp³-hybridized carbons (Fsp3) is 0.310. The van der Waals surface area contributed by atoms with Crippen LogP contribution >= 0.6 is 0 Å². The number of aromatic carboxylic acids is 1. The summed E-state index contributed by atoms with van der Waals surface area (Å²) in [5.41, 5.74) is 5.72. The summed E-state index contributed by atoms with van der Waals surface area (Å²) >= 11 is 0. The zero-order valence-corrected chi connectivity index (χ0v) is 22.5. The summed E-state index contributed by atoms with van der Waals surface area (Å²) in [6, 6.07) is 18.4. The van der Waals surface area contributed by atoms with Crippen LogP contribution in [0, 0.1) is 6.92 Å². The van der Waals surface area contributed by atoms with Crippen LogP contribution in [0.1, 0.15) is 54.9 Å². The minimum absolute atomic E-state index is 0.0761. The summed E-state index contributed by atoms with van der Waals surface area (Å²) in [6.45, 7) is 5.97. The minimum Gasteiger partial charge on any atom is -0.478 e. The number of fused-ring (bicyclic) bond motifs is 1. The van der Waals surface area contributed by atoms with Gasteiger partial charge in [0.15, 0.2) is 0 Å². The van der Waals surface area contributed by atoms with Gasteiger partial charge in [0.05, 0.1) is 33.7 Å². The first-order valence-electron chi connectivity index (χ1n) is 12.6. The first-order chi connectivity index (χ1) is 17.7. The molecule has 0 aliphatic rings. The predicted molar refractivity (Wildman–Crippen MR) is 149 cm³/mol. The normalized spacial score (nSPS) is 11.7. The van der Waals surface area contributed by atoms with Crippen molar-refractivity contribution in [1.29, 1.82) is 0 Å². The van der Waals surface area contributed by atoms with Crippen molar-refractivity contribution in [3.63, 3.8) is 0 Å². The van der Waals surface area contributed by atoms with E-state index in [0.717, 1.165) is 52.9 Å². The van der Waals surface area contributed by atoms with Crippen molar-refractivity contribution in [2.24, 2.45) is 0 Å². The second-order valence-corrected chi connectivity index (χ2v) is 11.3. The predicted octanol–water partition coefficient (Wildman–Crippen LogP) is 6.22. The molecule has 1 aromatic heterocycles. The average molecular weight is 520 g/mol. The molecular formula is C29H33N3O4S. The van der Waals surface area contributed by atoms with Gasteiger partial charge in [-0.1, -0.05) is 50.6 Å². The highest BCUT2D eigenvalue weighted by Crippen LogP contribution is 2.34. The number of benzene rings is 3. The van der Waals surface area contributed by atoms with Gasteiger partial charge >= 0.3 is 5.97 Å². The second kappa shape index (κ2) is 10.8. The van der Waals surface area contributed by atoms with Gasteiger partial charge in [-0.25, -0.2) is 18.2 Å². The molecule has 194 valence electrons. The standard InChI is InChI=1S/C29H33N3O4S/c1-5-7-15-28-30-25-17-16-21(31(4)37(35,36)18-6-2)19-27(25)32(28)26-14-10-13-22(20(26)3)23-11-8-9-12-24(23)29(33)34/h8-14,16-17,19H,5-7,15,18H2,1-4H3,(H,33,34). The number of anilines is 1. The molecule has 37 heavy (non-hydrogen) atoms. The zero-order valence-electron chi connectivity index (χ0n) is 21.7. The maximum absolute atomic E-state index is 12.8. The zero-order chi connectivity index (χ0) is 26.7. The molecule has 4 aromatic rings. The van der Waals surface area contributed by atoms with Crippen LogP contribution < -0.4 is 4.31 Å². The molecule has 0 saturated carbocycles. The lowest BCUT2D eigenvalue weighted by Crippen LogP contribution is -2.28. The number of carbonyl (C=O) groups is 1. The number of carboxylic acid groups (broad SMARTS) is 1. The van der Waals surface area contributed by atoms with E-state index in [1.54, 1.807) is 25.2 Å². The Bertz CT molecular complexity index is 1560. The molecule has 0 aliphatic carbocycles. The SMILES string of the molecule is CCCCc1nc2ccc(N(C)S(=O)(=O)CCC)cc2n1-c1cccc(-c2ccccc2C(=O)O)c1C. The van der Waals surface area contributed by atoms with Gasteiger partial charge < -0.3 is 5.11 Å². The molecular weight excluding hydrogens is 486 g/mol. The average Bonchev–Trinajstić information content (AvgIpc) is 3.24. The van der Waals surface area contributed by atoms with E-state index in [2.05, 4.69) is 11.5 Å². The van der Waals surface area contributed by atoms with Crippen molar-refractivity contribution < 1.29 is 18.3 Å². The molecule has 3 aromatic carbocycles. The molecule has 8 heteroatoms. The van der Waals surface area contributed by atoms with Crippen LogP contribution in [0.4, 0.5) is 5.69 Å². The van der Waals surface area contributed by atoms with E-state index in [4.69, 9.17) is 4.98 Å². The Labute approximate surface area is 218 Å². The van der Waals surface area contributed by atoms with Gasteiger partial charge in [-0.15, -0.1) is 0 Å². The van der Waals surface area contributed by atoms with Crippen molar-refractivity contribution in [3.8, 4) is 16.8 Å². The monoisotopic (exact) mass is 519 g/mol. The first kappa shape index (κ1) is 26.4. The van der Waals surface area contributed by atoms with Gasteiger partial charge in [0, 0.05) is 13.5 Å². The van der Waals surface area contributed by atoms with Gasteiger partial charge in [-0.2, -0.15) is 0 Å². The summed E-state index contributed by atoms with van der Waals surface area (Å²) < 4.78 is 29.0. The van der Waals surface area contributed by atoms with Crippen molar-refractivity contribution in [3.05, 3.63) is 77.6 Å². The molecule has 0 bridgehead atoms. The van der Waals surface area contributed by atoms with E-state index in [0.29, 0.717) is 17.7 Å². The number of hydrogen-bond donors (Lipinski definition) is 1. The molecule has 0 unspecified atom stereocenters. The van der Waals surface area contributed by atoms with Gasteiger partial charge in [-0.05, 0) is 66.8 Å². The maximum atomic E-state index is 12.8. The molecule has 0 fully saturated rings. The van der Waals surface area contributed by atoms with Crippen LogP contribution in [0.15, 0.2) is 60.7 Å². The molecule has 0 aliphatic heterocycles. The Morgan fingerprint density at radius 2 is 1.73 bits per heavy atom. The van der Waals surface area contributed by atoms with Gasteiger partial charge in [-0.3, -0.25) is 8.87 Å². The molecule has 0 spiro atoms. The van der Waals surface area contributed by atoms with E-state index in [9.17, 15) is 18.3 Å². The molecule has 0 amide bonds. The van der Waals surface area contributed by atoms with Crippen LogP contribution in [0.5, 0.6) is 0 Å². The fourth-order valence-electron chi connectivity index (χ4n) is 4.70. The summed E-state index contributed by atoms with van der Waals surface area (Å²) in [6.07, 6.45) is 3.27. The second-order valence-electron chi connectivity index (χ2n) is 9.22. The number of nitrogens with zero attached hydrogens (tertiary/aromatic N) is 3. The van der Waals surface area contributed by atoms with Gasteiger partial charge in [0.2, 0.25) is 10.0 Å². The highest BCUT2D eigenvalue weighted by molar-refractivity contribution is 7.92. The molecule has 4 rings (SSSR count). The Morgan fingerprint density at radius 1 is 1.00 bits per heavy atom. The van der Waals surface area contributed by atoms with Gasteiger partial charge in [0.25, 0.3) is 0 Å². The van der Waals surface area contributed by atoms with Crippen LogP contribution in [0.2, 0.25) is 0 Å². The highest BCUT2D eigenvalue weighted by Gasteiger charge is 2.21. The van der Waals surface area contributed by atoms with Crippen LogP contribution in [0.3, 0.4) is 0 Å². The largest absolute Gasteiger partial charge is 0.478 e. The van der Waals surface area contributed by atoms with E-state index in [1.807, 2.05) is 56.3 Å². The van der Waals surface area contributed by atoms with E-state index in [1.165, 1.54) is 4.31 Å². The summed E-state index contributed by atoms with van der Waals surface area (Å²) in [5, 5.41) is 9.77. The summed E-state index contributed by atoms with van der Waals surface area (Å²) in [4.78, 5) is 16.8. The molecule has 7 nitrogen and oxygen atoms in total. The lowest BCUT2D eigenvalue weighted by Gasteiger charge is -2.20. The number of hydrogen-bond acceptors (Lipinski definition) is 4. The Balaban J connectivity index is 1.95. The third-order valence-corrected chi connectivity index (χ3v) is 8.67. The van der Waals surface area contributed by atoms with E-state index in [-0.39, 0.29) is 11.3 Å². The number of rotatable bonds is 10. The molecule has 1 N–H and O–H groups in total. The fourth-order valence-corrected chi connectivity index (χ4v) is 5.92.